The van der Waals surface area contributed by atoms with Crippen molar-refractivity contribution in [2.24, 2.45) is 0 Å². The van der Waals surface area contributed by atoms with E-state index in [0.29, 0.717) is 16.9 Å². The standard InChI is InChI=1S/C16H17NO4/c1-3-16(15(19)20,12-7-5-4-6-8-12)17-14(18)13-9-10-21-11(13)2/h4-10H,3H2,1-2H3,(H,17,18)(H,19,20). The zero-order chi connectivity index (χ0) is 15.5. The molecule has 0 bridgehead atoms. The van der Waals surface area contributed by atoms with Gasteiger partial charge in [0.05, 0.1) is 11.8 Å². The lowest BCUT2D eigenvalue weighted by molar-refractivity contribution is -0.145. The van der Waals surface area contributed by atoms with Gasteiger partial charge in [0.2, 0.25) is 0 Å². The topological polar surface area (TPSA) is 79.5 Å². The van der Waals surface area contributed by atoms with Crippen LogP contribution in [0.5, 0.6) is 0 Å². The van der Waals surface area contributed by atoms with Gasteiger partial charge in [0, 0.05) is 0 Å². The van der Waals surface area contributed by atoms with Crippen molar-refractivity contribution in [3.63, 3.8) is 0 Å². The average molecular weight is 287 g/mol. The Hall–Kier alpha value is -2.56. The van der Waals surface area contributed by atoms with Crippen LogP contribution in [-0.2, 0) is 10.3 Å². The molecule has 0 saturated heterocycles. The highest BCUT2D eigenvalue weighted by Crippen LogP contribution is 2.26. The first-order chi connectivity index (χ1) is 10.0. The van der Waals surface area contributed by atoms with E-state index in [1.807, 2.05) is 0 Å². The smallest absolute Gasteiger partial charge is 0.334 e. The van der Waals surface area contributed by atoms with Crippen molar-refractivity contribution in [1.29, 1.82) is 0 Å². The second kappa shape index (κ2) is 5.83. The third kappa shape index (κ3) is 2.67. The van der Waals surface area contributed by atoms with E-state index in [-0.39, 0.29) is 6.42 Å². The average Bonchev–Trinajstić information content (AvgIpc) is 2.91. The van der Waals surface area contributed by atoms with Gasteiger partial charge in [-0.1, -0.05) is 37.3 Å². The van der Waals surface area contributed by atoms with E-state index in [4.69, 9.17) is 4.42 Å². The predicted octanol–water partition coefficient (Wildman–Crippen LogP) is 2.71. The van der Waals surface area contributed by atoms with Crippen molar-refractivity contribution in [2.45, 2.75) is 25.8 Å². The van der Waals surface area contributed by atoms with E-state index in [2.05, 4.69) is 5.32 Å². The lowest BCUT2D eigenvalue weighted by Gasteiger charge is -2.29. The summed E-state index contributed by atoms with van der Waals surface area (Å²) >= 11 is 0. The molecule has 0 aliphatic carbocycles. The molecule has 0 saturated carbocycles. The summed E-state index contributed by atoms with van der Waals surface area (Å²) in [5.74, 6) is -1.10. The summed E-state index contributed by atoms with van der Waals surface area (Å²) in [5.41, 5.74) is -0.582. The van der Waals surface area contributed by atoms with Crippen molar-refractivity contribution in [2.75, 3.05) is 0 Å². The second-order valence-electron chi connectivity index (χ2n) is 4.77. The number of carbonyl (C=O) groups is 2. The lowest BCUT2D eigenvalue weighted by atomic mass is 9.87. The molecule has 1 aromatic carbocycles. The Morgan fingerprint density at radius 2 is 1.90 bits per heavy atom. The molecule has 1 aromatic heterocycles. The van der Waals surface area contributed by atoms with Crippen LogP contribution in [0, 0.1) is 6.92 Å². The first-order valence-electron chi connectivity index (χ1n) is 6.67. The van der Waals surface area contributed by atoms with Gasteiger partial charge in [-0.05, 0) is 25.0 Å². The number of aryl methyl sites for hydroxylation is 1. The minimum Gasteiger partial charge on any atom is -0.479 e. The van der Waals surface area contributed by atoms with Gasteiger partial charge in [0.25, 0.3) is 5.91 Å². The fourth-order valence-corrected chi connectivity index (χ4v) is 2.30. The molecule has 110 valence electrons. The predicted molar refractivity (Wildman–Crippen MR) is 77.0 cm³/mol. The summed E-state index contributed by atoms with van der Waals surface area (Å²) < 4.78 is 5.09. The summed E-state index contributed by atoms with van der Waals surface area (Å²) in [6.07, 6.45) is 1.64. The highest BCUT2D eigenvalue weighted by molar-refractivity contribution is 5.98. The van der Waals surface area contributed by atoms with E-state index in [1.54, 1.807) is 44.2 Å². The van der Waals surface area contributed by atoms with Crippen LogP contribution in [0.1, 0.15) is 35.0 Å². The SMILES string of the molecule is CCC(NC(=O)c1ccoc1C)(C(=O)O)c1ccccc1. The van der Waals surface area contributed by atoms with Crippen molar-refractivity contribution in [3.8, 4) is 0 Å². The lowest BCUT2D eigenvalue weighted by Crippen LogP contribution is -2.51. The van der Waals surface area contributed by atoms with E-state index in [0.717, 1.165) is 0 Å². The van der Waals surface area contributed by atoms with Crippen LogP contribution in [0.2, 0.25) is 0 Å². The van der Waals surface area contributed by atoms with Crippen molar-refractivity contribution in [1.82, 2.24) is 5.32 Å². The van der Waals surface area contributed by atoms with Crippen LogP contribution >= 0.6 is 0 Å². The minimum atomic E-state index is -1.46. The minimum absolute atomic E-state index is 0.231. The van der Waals surface area contributed by atoms with Gasteiger partial charge < -0.3 is 14.8 Å². The first-order valence-corrected chi connectivity index (χ1v) is 6.67. The number of hydrogen-bond donors (Lipinski definition) is 2. The van der Waals surface area contributed by atoms with E-state index >= 15 is 0 Å². The largest absolute Gasteiger partial charge is 0.479 e. The second-order valence-corrected chi connectivity index (χ2v) is 4.77. The summed E-state index contributed by atoms with van der Waals surface area (Å²) in [6.45, 7) is 3.38. The molecular weight excluding hydrogens is 270 g/mol. The number of rotatable bonds is 5. The molecule has 0 aliphatic heterocycles. The molecule has 0 radical (unpaired) electrons. The van der Waals surface area contributed by atoms with Crippen LogP contribution < -0.4 is 5.32 Å². The fraction of sp³-hybridized carbons (Fsp3) is 0.250. The number of furan rings is 1. The van der Waals surface area contributed by atoms with Gasteiger partial charge in [0.15, 0.2) is 5.54 Å². The zero-order valence-electron chi connectivity index (χ0n) is 11.9. The molecular formula is C16H17NO4. The highest BCUT2D eigenvalue weighted by atomic mass is 16.4. The zero-order valence-corrected chi connectivity index (χ0v) is 11.9. The molecule has 5 nitrogen and oxygen atoms in total. The molecule has 0 aliphatic rings. The number of aliphatic carboxylic acids is 1. The number of carbonyl (C=O) groups excluding carboxylic acids is 1. The third-order valence-electron chi connectivity index (χ3n) is 3.59. The number of amides is 1. The fourth-order valence-electron chi connectivity index (χ4n) is 2.30. The number of nitrogens with one attached hydrogen (secondary N) is 1. The number of carboxylic acids is 1. The van der Waals surface area contributed by atoms with Crippen LogP contribution in [-0.4, -0.2) is 17.0 Å². The monoisotopic (exact) mass is 287 g/mol. The molecule has 2 aromatic rings. The summed E-state index contributed by atoms with van der Waals surface area (Å²) in [5, 5.41) is 12.3. The number of carboxylic acid groups (broad SMARTS) is 1. The van der Waals surface area contributed by atoms with Crippen LogP contribution in [0.3, 0.4) is 0 Å². The maximum Gasteiger partial charge on any atom is 0.334 e. The number of benzene rings is 1. The summed E-state index contributed by atoms with van der Waals surface area (Å²) in [7, 11) is 0. The Bertz CT molecular complexity index is 647. The van der Waals surface area contributed by atoms with Crippen molar-refractivity contribution < 1.29 is 19.1 Å². The first kappa shape index (κ1) is 14.8. The molecule has 0 fully saturated rings. The van der Waals surface area contributed by atoms with Crippen LogP contribution in [0.25, 0.3) is 0 Å². The van der Waals surface area contributed by atoms with Crippen molar-refractivity contribution >= 4 is 11.9 Å². The van der Waals surface area contributed by atoms with E-state index in [9.17, 15) is 14.7 Å². The van der Waals surface area contributed by atoms with Gasteiger partial charge >= 0.3 is 5.97 Å². The molecule has 2 rings (SSSR count). The van der Waals surface area contributed by atoms with Gasteiger partial charge in [-0.25, -0.2) is 4.79 Å². The van der Waals surface area contributed by atoms with Gasteiger partial charge in [-0.15, -0.1) is 0 Å². The Morgan fingerprint density at radius 1 is 1.24 bits per heavy atom. The Morgan fingerprint density at radius 3 is 2.38 bits per heavy atom. The molecule has 2 N–H and O–H groups in total. The number of hydrogen-bond acceptors (Lipinski definition) is 3. The molecule has 1 atom stereocenters. The maximum atomic E-state index is 12.3. The Labute approximate surface area is 122 Å². The van der Waals surface area contributed by atoms with Gasteiger partial charge in [-0.3, -0.25) is 4.79 Å². The Balaban J connectivity index is 2.41. The Kier molecular flexibility index (Phi) is 4.12. The molecule has 0 spiro atoms. The molecule has 1 unspecified atom stereocenters. The van der Waals surface area contributed by atoms with Crippen LogP contribution in [0.4, 0.5) is 0 Å². The molecule has 21 heavy (non-hydrogen) atoms. The molecule has 1 amide bonds. The van der Waals surface area contributed by atoms with Gasteiger partial charge in [-0.2, -0.15) is 0 Å². The van der Waals surface area contributed by atoms with E-state index < -0.39 is 17.4 Å². The van der Waals surface area contributed by atoms with Crippen LogP contribution in [0.15, 0.2) is 47.1 Å². The molecule has 5 heteroatoms. The quantitative estimate of drug-likeness (QED) is 0.886. The summed E-state index contributed by atoms with van der Waals surface area (Å²) in [4.78, 5) is 24.1. The van der Waals surface area contributed by atoms with Gasteiger partial charge in [0.1, 0.15) is 5.76 Å². The highest BCUT2D eigenvalue weighted by Gasteiger charge is 2.40. The third-order valence-corrected chi connectivity index (χ3v) is 3.59. The summed E-state index contributed by atoms with van der Waals surface area (Å²) in [6, 6.07) is 10.2. The normalized spacial score (nSPS) is 13.4. The maximum absolute atomic E-state index is 12.3. The van der Waals surface area contributed by atoms with E-state index in [1.165, 1.54) is 12.3 Å². The molecule has 1 heterocycles. The van der Waals surface area contributed by atoms with Crippen molar-refractivity contribution in [3.05, 3.63) is 59.5 Å².